The Labute approximate surface area is 194 Å². The van der Waals surface area contributed by atoms with Gasteiger partial charge in [-0.25, -0.2) is 19.5 Å². The number of pyridine rings is 1. The Balaban J connectivity index is 1.44. The Morgan fingerprint density at radius 2 is 1.76 bits per heavy atom. The molecule has 0 saturated carbocycles. The number of fused-ring (bicyclic) bond motifs is 1. The van der Waals surface area contributed by atoms with Crippen molar-refractivity contribution in [3.8, 4) is 22.8 Å². The molecule has 1 aliphatic rings. The molecule has 5 rings (SSSR count). The van der Waals surface area contributed by atoms with Crippen molar-refractivity contribution in [2.75, 3.05) is 13.1 Å². The summed E-state index contributed by atoms with van der Waals surface area (Å²) >= 11 is 0. The van der Waals surface area contributed by atoms with Gasteiger partial charge in [0.2, 0.25) is 0 Å². The van der Waals surface area contributed by atoms with Crippen LogP contribution in [-0.4, -0.2) is 58.8 Å². The fourth-order valence-corrected chi connectivity index (χ4v) is 4.95. The highest BCUT2D eigenvalue weighted by Crippen LogP contribution is 2.35. The van der Waals surface area contributed by atoms with Crippen LogP contribution in [0.15, 0.2) is 31.0 Å². The molecule has 172 valence electrons. The van der Waals surface area contributed by atoms with Crippen LogP contribution in [0.25, 0.3) is 28.4 Å². The summed E-state index contributed by atoms with van der Waals surface area (Å²) in [5.74, 6) is 1.48. The van der Waals surface area contributed by atoms with E-state index in [-0.39, 0.29) is 5.92 Å². The summed E-state index contributed by atoms with van der Waals surface area (Å²) in [4.78, 5) is 16.4. The van der Waals surface area contributed by atoms with Crippen LogP contribution in [-0.2, 0) is 0 Å². The first kappa shape index (κ1) is 21.7. The van der Waals surface area contributed by atoms with Crippen LogP contribution in [0.3, 0.4) is 0 Å². The third-order valence-electron chi connectivity index (χ3n) is 6.84. The first-order valence-electron chi connectivity index (χ1n) is 11.9. The largest absolute Gasteiger partial charge is 0.301 e. The van der Waals surface area contributed by atoms with Gasteiger partial charge < -0.3 is 4.90 Å². The highest BCUT2D eigenvalue weighted by atomic mass is 15.3. The van der Waals surface area contributed by atoms with E-state index < -0.39 is 0 Å². The lowest BCUT2D eigenvalue weighted by Crippen LogP contribution is -2.37. The number of piperidine rings is 1. The Morgan fingerprint density at radius 1 is 1.03 bits per heavy atom. The van der Waals surface area contributed by atoms with Gasteiger partial charge in [0.25, 0.3) is 0 Å². The minimum atomic E-state index is 0.254. The fourth-order valence-electron chi connectivity index (χ4n) is 4.95. The second-order valence-electron chi connectivity index (χ2n) is 9.70. The van der Waals surface area contributed by atoms with Gasteiger partial charge in [-0.3, -0.25) is 5.10 Å². The van der Waals surface area contributed by atoms with Crippen molar-refractivity contribution in [3.63, 3.8) is 0 Å². The number of nitrogens with zero attached hydrogens (tertiary/aromatic N) is 7. The van der Waals surface area contributed by atoms with Crippen molar-refractivity contribution >= 4 is 5.65 Å². The van der Waals surface area contributed by atoms with Crippen LogP contribution in [0, 0.1) is 6.92 Å². The quantitative estimate of drug-likeness (QED) is 0.484. The normalized spacial score (nSPS) is 15.8. The van der Waals surface area contributed by atoms with Crippen molar-refractivity contribution in [1.82, 2.24) is 39.7 Å². The molecule has 0 bridgehead atoms. The van der Waals surface area contributed by atoms with Crippen molar-refractivity contribution in [2.45, 2.75) is 65.3 Å². The van der Waals surface area contributed by atoms with Gasteiger partial charge in [-0.1, -0.05) is 13.8 Å². The molecule has 1 fully saturated rings. The molecule has 0 aromatic carbocycles. The Hall–Kier alpha value is -3.13. The molecule has 0 spiro atoms. The van der Waals surface area contributed by atoms with Gasteiger partial charge in [0, 0.05) is 35.8 Å². The minimum Gasteiger partial charge on any atom is -0.301 e. The van der Waals surface area contributed by atoms with E-state index in [0.717, 1.165) is 59.7 Å². The highest BCUT2D eigenvalue weighted by molar-refractivity contribution is 5.73. The zero-order valence-corrected chi connectivity index (χ0v) is 20.1. The van der Waals surface area contributed by atoms with Crippen LogP contribution in [0.5, 0.6) is 0 Å². The van der Waals surface area contributed by atoms with Gasteiger partial charge in [0.1, 0.15) is 12.0 Å². The number of aromatic nitrogens is 7. The molecule has 1 N–H and O–H groups in total. The maximum atomic E-state index is 4.76. The number of hydrogen-bond acceptors (Lipinski definition) is 6. The van der Waals surface area contributed by atoms with Gasteiger partial charge in [-0.05, 0) is 75.7 Å². The Morgan fingerprint density at radius 3 is 2.42 bits per heavy atom. The van der Waals surface area contributed by atoms with Gasteiger partial charge in [0.05, 0.1) is 5.69 Å². The van der Waals surface area contributed by atoms with Crippen LogP contribution in [0.4, 0.5) is 0 Å². The lowest BCUT2D eigenvalue weighted by Gasteiger charge is -2.34. The average Bonchev–Trinajstić information content (AvgIpc) is 3.47. The van der Waals surface area contributed by atoms with E-state index in [0.29, 0.717) is 17.8 Å². The maximum Gasteiger partial charge on any atom is 0.177 e. The first-order valence-corrected chi connectivity index (χ1v) is 11.9. The molecule has 4 aromatic rings. The molecule has 1 saturated heterocycles. The molecule has 1 aliphatic heterocycles. The van der Waals surface area contributed by atoms with Gasteiger partial charge >= 0.3 is 0 Å². The minimum absolute atomic E-state index is 0.254. The number of H-pyrrole nitrogens is 1. The summed E-state index contributed by atoms with van der Waals surface area (Å²) in [7, 11) is 0. The van der Waals surface area contributed by atoms with E-state index in [1.54, 1.807) is 10.8 Å². The number of aromatic amines is 1. The third kappa shape index (κ3) is 4.04. The van der Waals surface area contributed by atoms with Crippen molar-refractivity contribution in [1.29, 1.82) is 0 Å². The van der Waals surface area contributed by atoms with E-state index in [1.165, 1.54) is 5.56 Å². The lowest BCUT2D eigenvalue weighted by atomic mass is 9.90. The molecular formula is C25H32N8. The van der Waals surface area contributed by atoms with Crippen LogP contribution >= 0.6 is 0 Å². The van der Waals surface area contributed by atoms with E-state index in [9.17, 15) is 0 Å². The predicted molar refractivity (Wildman–Crippen MR) is 129 cm³/mol. The zero-order valence-electron chi connectivity index (χ0n) is 20.1. The number of nitrogens with one attached hydrogen (secondary N) is 1. The molecular weight excluding hydrogens is 412 g/mol. The summed E-state index contributed by atoms with van der Waals surface area (Å²) in [6.07, 6.45) is 9.90. The zero-order chi connectivity index (χ0) is 23.1. The molecule has 0 radical (unpaired) electrons. The molecule has 8 nitrogen and oxygen atoms in total. The molecule has 0 unspecified atom stereocenters. The lowest BCUT2D eigenvalue weighted by molar-refractivity contribution is 0.171. The van der Waals surface area contributed by atoms with Crippen LogP contribution in [0.1, 0.15) is 69.1 Å². The van der Waals surface area contributed by atoms with Gasteiger partial charge in [-0.2, -0.15) is 10.2 Å². The summed E-state index contributed by atoms with van der Waals surface area (Å²) in [6.45, 7) is 13.2. The topological polar surface area (TPSA) is 87.9 Å². The summed E-state index contributed by atoms with van der Waals surface area (Å²) in [6, 6.07) is 2.73. The Bertz CT molecular complexity index is 1240. The van der Waals surface area contributed by atoms with Crippen molar-refractivity contribution in [2.24, 2.45) is 0 Å². The van der Waals surface area contributed by atoms with E-state index in [1.807, 2.05) is 25.5 Å². The first-order chi connectivity index (χ1) is 15.9. The monoisotopic (exact) mass is 444 g/mol. The number of likely N-dealkylation sites (tertiary alicyclic amines) is 1. The van der Waals surface area contributed by atoms with Crippen molar-refractivity contribution in [3.05, 3.63) is 47.7 Å². The molecule has 0 aliphatic carbocycles. The fraction of sp³-hybridized carbons (Fsp3) is 0.480. The third-order valence-corrected chi connectivity index (χ3v) is 6.84. The molecule has 4 aromatic heterocycles. The Kier molecular flexibility index (Phi) is 5.70. The molecule has 5 heterocycles. The second-order valence-corrected chi connectivity index (χ2v) is 9.70. The van der Waals surface area contributed by atoms with Crippen LogP contribution in [0.2, 0.25) is 0 Å². The number of hydrogen-bond donors (Lipinski definition) is 1. The average molecular weight is 445 g/mol. The van der Waals surface area contributed by atoms with E-state index >= 15 is 0 Å². The van der Waals surface area contributed by atoms with E-state index in [4.69, 9.17) is 9.97 Å². The second kappa shape index (κ2) is 8.67. The van der Waals surface area contributed by atoms with Gasteiger partial charge in [0.15, 0.2) is 11.5 Å². The van der Waals surface area contributed by atoms with Crippen molar-refractivity contribution < 1.29 is 0 Å². The van der Waals surface area contributed by atoms with E-state index in [2.05, 4.69) is 58.9 Å². The smallest absolute Gasteiger partial charge is 0.177 e. The molecule has 0 amide bonds. The summed E-state index contributed by atoms with van der Waals surface area (Å²) in [5, 5.41) is 12.2. The molecule has 33 heavy (non-hydrogen) atoms. The van der Waals surface area contributed by atoms with Crippen LogP contribution < -0.4 is 0 Å². The molecule has 0 atom stereocenters. The maximum absolute atomic E-state index is 4.76. The predicted octanol–water partition coefficient (Wildman–Crippen LogP) is 4.60. The van der Waals surface area contributed by atoms with Gasteiger partial charge in [-0.15, -0.1) is 0 Å². The summed E-state index contributed by atoms with van der Waals surface area (Å²) < 4.78 is 1.80. The number of rotatable bonds is 5. The highest BCUT2D eigenvalue weighted by Gasteiger charge is 2.24. The number of aryl methyl sites for hydroxylation is 1. The SMILES string of the molecule is Cc1cc(-c2n[nH]c(-c3ncc(C4CCN(C(C)C)CC4)cn3)c2C(C)C)cn2ncnc12. The molecule has 8 heteroatoms. The standard InChI is InChI=1S/C25H32N8/c1-15(2)21-22(19-10-17(5)25-28-14-29-33(25)13-19)30-31-23(21)24-26-11-20(12-27-24)18-6-8-32(9-7-18)16(3)4/h10-16,18H,6-9H2,1-5H3,(H,30,31). The summed E-state index contributed by atoms with van der Waals surface area (Å²) in [5.41, 5.74) is 7.08.